The van der Waals surface area contributed by atoms with Gasteiger partial charge in [-0.05, 0) is 53.2 Å². The molecular formula is C16H26BNO3. The first-order chi connectivity index (χ1) is 9.63. The van der Waals surface area contributed by atoms with E-state index in [1.165, 1.54) is 0 Å². The highest BCUT2D eigenvalue weighted by Gasteiger charge is 2.22. The Kier molecular flexibility index (Phi) is 5.99. The summed E-state index contributed by atoms with van der Waals surface area (Å²) in [6.07, 6.45) is 0.741. The molecule has 0 radical (unpaired) electrons. The number of hydrogen-bond acceptors (Lipinski definition) is 3. The molecule has 4 nitrogen and oxygen atoms in total. The maximum atomic E-state index is 12.2. The summed E-state index contributed by atoms with van der Waals surface area (Å²) in [5, 5.41) is 12.0. The van der Waals surface area contributed by atoms with E-state index >= 15 is 0 Å². The summed E-state index contributed by atoms with van der Waals surface area (Å²) in [5.74, 6) is -0.111. The molecule has 0 saturated carbocycles. The highest BCUT2D eigenvalue weighted by molar-refractivity contribution is 6.45. The summed E-state index contributed by atoms with van der Waals surface area (Å²) in [5.41, 5.74) is 0.888. The lowest BCUT2D eigenvalue weighted by Crippen LogP contribution is -2.44. The smallest absolute Gasteiger partial charge is 0.304 e. The minimum Gasteiger partial charge on any atom is -0.449 e. The van der Waals surface area contributed by atoms with Crippen LogP contribution in [-0.2, 0) is 4.74 Å². The van der Waals surface area contributed by atoms with Gasteiger partial charge < -0.3 is 15.1 Å². The van der Waals surface area contributed by atoms with Crippen LogP contribution in [0, 0.1) is 0 Å². The molecule has 0 aliphatic rings. The highest BCUT2D eigenvalue weighted by atomic mass is 16.5. The lowest BCUT2D eigenvalue weighted by Gasteiger charge is -2.28. The Morgan fingerprint density at radius 1 is 1.19 bits per heavy atom. The monoisotopic (exact) mass is 291 g/mol. The lowest BCUT2D eigenvalue weighted by molar-refractivity contribution is -0.0111. The van der Waals surface area contributed by atoms with Crippen LogP contribution in [0.15, 0.2) is 24.3 Å². The number of amides is 1. The molecule has 1 rings (SSSR count). The van der Waals surface area contributed by atoms with Gasteiger partial charge in [0.2, 0.25) is 0 Å². The van der Waals surface area contributed by atoms with Crippen LogP contribution in [0.3, 0.4) is 0 Å². The summed E-state index contributed by atoms with van der Waals surface area (Å²) in [6.45, 7) is 10.6. The minimum atomic E-state index is -0.335. The van der Waals surface area contributed by atoms with Crippen LogP contribution in [0.1, 0.15) is 51.4 Å². The summed E-state index contributed by atoms with van der Waals surface area (Å²) in [7, 11) is -0.0163. The van der Waals surface area contributed by atoms with Crippen molar-refractivity contribution in [2.75, 3.05) is 6.61 Å². The van der Waals surface area contributed by atoms with Crippen LogP contribution in [0.25, 0.3) is 0 Å². The van der Waals surface area contributed by atoms with Crippen LogP contribution in [0.4, 0.5) is 0 Å². The van der Waals surface area contributed by atoms with E-state index < -0.39 is 0 Å². The summed E-state index contributed by atoms with van der Waals surface area (Å²) < 4.78 is 5.70. The zero-order valence-corrected chi connectivity index (χ0v) is 13.7. The van der Waals surface area contributed by atoms with E-state index in [9.17, 15) is 4.79 Å². The van der Waals surface area contributed by atoms with Crippen molar-refractivity contribution in [1.29, 1.82) is 0 Å². The van der Waals surface area contributed by atoms with Crippen molar-refractivity contribution in [2.45, 2.75) is 52.2 Å². The Morgan fingerprint density at radius 2 is 1.76 bits per heavy atom. The first-order valence-electron chi connectivity index (χ1n) is 7.29. The maximum Gasteiger partial charge on any atom is 0.304 e. The van der Waals surface area contributed by atoms with E-state index in [1.807, 2.05) is 34.6 Å². The van der Waals surface area contributed by atoms with Gasteiger partial charge in [-0.1, -0.05) is 17.6 Å². The molecule has 1 aromatic rings. The fourth-order valence-corrected chi connectivity index (χ4v) is 1.82. The van der Waals surface area contributed by atoms with Crippen molar-refractivity contribution in [3.8, 4) is 0 Å². The van der Waals surface area contributed by atoms with E-state index in [1.54, 1.807) is 24.3 Å². The number of rotatable bonds is 6. The van der Waals surface area contributed by atoms with Gasteiger partial charge >= 0.3 is 7.48 Å². The zero-order valence-electron chi connectivity index (χ0n) is 13.7. The van der Waals surface area contributed by atoms with E-state index in [4.69, 9.17) is 9.76 Å². The van der Waals surface area contributed by atoms with Crippen LogP contribution < -0.4 is 10.8 Å². The SMILES string of the molecule is CC(C)(CCOC(C)(C)C)NC(=O)c1ccc(BO)cc1. The van der Waals surface area contributed by atoms with Crippen molar-refractivity contribution >= 4 is 18.9 Å². The average molecular weight is 291 g/mol. The Balaban J connectivity index is 2.54. The first kappa shape index (κ1) is 17.7. The van der Waals surface area contributed by atoms with E-state index in [0.29, 0.717) is 12.2 Å². The van der Waals surface area contributed by atoms with Crippen LogP contribution in [0.2, 0.25) is 0 Å². The molecule has 2 N–H and O–H groups in total. The molecular weight excluding hydrogens is 265 g/mol. The van der Waals surface area contributed by atoms with Gasteiger partial charge in [0.05, 0.1) is 5.60 Å². The summed E-state index contributed by atoms with van der Waals surface area (Å²) >= 11 is 0. The molecule has 0 aromatic heterocycles. The third-order valence-electron chi connectivity index (χ3n) is 3.11. The fourth-order valence-electron chi connectivity index (χ4n) is 1.82. The van der Waals surface area contributed by atoms with Crippen molar-refractivity contribution in [3.05, 3.63) is 29.8 Å². The van der Waals surface area contributed by atoms with Gasteiger partial charge in [-0.25, -0.2) is 0 Å². The molecule has 0 saturated heterocycles. The zero-order chi connectivity index (χ0) is 16.1. The second kappa shape index (κ2) is 7.10. The van der Waals surface area contributed by atoms with Crippen molar-refractivity contribution in [2.24, 2.45) is 0 Å². The predicted octanol–water partition coefficient (Wildman–Crippen LogP) is 1.37. The fraction of sp³-hybridized carbons (Fsp3) is 0.562. The Bertz CT molecular complexity index is 463. The molecule has 116 valence electrons. The van der Waals surface area contributed by atoms with Crippen molar-refractivity contribution in [3.63, 3.8) is 0 Å². The van der Waals surface area contributed by atoms with E-state index in [-0.39, 0.29) is 24.5 Å². The normalized spacial score (nSPS) is 12.1. The second-order valence-electron chi connectivity index (χ2n) is 6.90. The molecule has 0 unspecified atom stereocenters. The average Bonchev–Trinajstić information content (AvgIpc) is 2.36. The van der Waals surface area contributed by atoms with Gasteiger partial charge in [-0.3, -0.25) is 4.79 Å². The molecule has 1 amide bonds. The quantitative estimate of drug-likeness (QED) is 0.778. The molecule has 21 heavy (non-hydrogen) atoms. The molecule has 0 bridgehead atoms. The largest absolute Gasteiger partial charge is 0.449 e. The maximum absolute atomic E-state index is 12.2. The van der Waals surface area contributed by atoms with Gasteiger partial charge in [-0.2, -0.15) is 0 Å². The van der Waals surface area contributed by atoms with Crippen LogP contribution in [0.5, 0.6) is 0 Å². The molecule has 0 aliphatic carbocycles. The third kappa shape index (κ3) is 6.78. The van der Waals surface area contributed by atoms with Gasteiger partial charge in [0.1, 0.15) is 0 Å². The van der Waals surface area contributed by atoms with Crippen LogP contribution >= 0.6 is 0 Å². The lowest BCUT2D eigenvalue weighted by atomic mass is 9.88. The van der Waals surface area contributed by atoms with E-state index in [2.05, 4.69) is 5.32 Å². The Morgan fingerprint density at radius 3 is 2.24 bits per heavy atom. The van der Waals surface area contributed by atoms with Crippen LogP contribution in [-0.4, -0.2) is 36.2 Å². The number of ether oxygens (including phenoxy) is 1. The third-order valence-corrected chi connectivity index (χ3v) is 3.11. The number of hydrogen-bond donors (Lipinski definition) is 2. The molecule has 0 heterocycles. The standard InChI is InChI=1S/C16H26BNO3/c1-15(2,3)21-11-10-16(4,5)18-14(19)12-6-8-13(17-20)9-7-12/h6-9,17,20H,10-11H2,1-5H3,(H,18,19). The van der Waals surface area contributed by atoms with Gasteiger partial charge in [0, 0.05) is 17.7 Å². The number of carbonyl (C=O) groups is 1. The molecule has 5 heteroatoms. The molecule has 1 aromatic carbocycles. The Labute approximate surface area is 128 Å². The Hall–Kier alpha value is -1.33. The highest BCUT2D eigenvalue weighted by Crippen LogP contribution is 2.14. The summed E-state index contributed by atoms with van der Waals surface area (Å²) in [6, 6.07) is 6.96. The minimum absolute atomic E-state index is 0.0163. The van der Waals surface area contributed by atoms with Gasteiger partial charge in [0.25, 0.3) is 5.91 Å². The first-order valence-corrected chi connectivity index (χ1v) is 7.29. The summed E-state index contributed by atoms with van der Waals surface area (Å²) in [4.78, 5) is 12.2. The van der Waals surface area contributed by atoms with Crippen molar-refractivity contribution < 1.29 is 14.6 Å². The number of carbonyl (C=O) groups excluding carboxylic acids is 1. The number of nitrogens with one attached hydrogen (secondary N) is 1. The van der Waals surface area contributed by atoms with Crippen molar-refractivity contribution in [1.82, 2.24) is 5.32 Å². The molecule has 0 aliphatic heterocycles. The van der Waals surface area contributed by atoms with E-state index in [0.717, 1.165) is 11.9 Å². The molecule has 0 fully saturated rings. The molecule has 0 atom stereocenters. The number of benzene rings is 1. The van der Waals surface area contributed by atoms with Gasteiger partial charge in [-0.15, -0.1) is 0 Å². The molecule has 0 spiro atoms. The second-order valence-corrected chi connectivity index (χ2v) is 6.90. The predicted molar refractivity (Wildman–Crippen MR) is 87.3 cm³/mol. The topological polar surface area (TPSA) is 58.6 Å². The van der Waals surface area contributed by atoms with Gasteiger partial charge in [0.15, 0.2) is 0 Å².